The molecule has 1 aromatic carbocycles. The molecule has 3 rings (SSSR count). The Morgan fingerprint density at radius 1 is 1.36 bits per heavy atom. The summed E-state index contributed by atoms with van der Waals surface area (Å²) in [7, 11) is 1.62. The van der Waals surface area contributed by atoms with Crippen molar-refractivity contribution in [1.82, 2.24) is 14.4 Å². The molecule has 5 nitrogen and oxygen atoms in total. The highest BCUT2D eigenvalue weighted by Crippen LogP contribution is 2.22. The summed E-state index contributed by atoms with van der Waals surface area (Å²) in [4.78, 5) is 21.6. The van der Waals surface area contributed by atoms with Gasteiger partial charge < -0.3 is 4.74 Å². The van der Waals surface area contributed by atoms with Gasteiger partial charge in [0.2, 0.25) is 11.6 Å². The highest BCUT2D eigenvalue weighted by atomic mass is 16.5. The van der Waals surface area contributed by atoms with E-state index < -0.39 is 0 Å². The maximum absolute atomic E-state index is 12.9. The zero-order valence-electron chi connectivity index (χ0n) is 12.8. The molecule has 5 heteroatoms. The maximum atomic E-state index is 12.9. The summed E-state index contributed by atoms with van der Waals surface area (Å²) in [6.07, 6.45) is 4.17. The van der Waals surface area contributed by atoms with Gasteiger partial charge in [0.15, 0.2) is 0 Å². The monoisotopic (exact) mass is 295 g/mol. The number of hydrogen-bond acceptors (Lipinski definition) is 4. The average Bonchev–Trinajstić information content (AvgIpc) is 2.92. The molecule has 0 radical (unpaired) electrons. The summed E-state index contributed by atoms with van der Waals surface area (Å²) < 4.78 is 7.00. The largest absolute Gasteiger partial charge is 0.496 e. The number of fused-ring (bicyclic) bond motifs is 1. The normalized spacial score (nSPS) is 10.9. The van der Waals surface area contributed by atoms with Crippen LogP contribution in [0.25, 0.3) is 5.78 Å². The Kier molecular flexibility index (Phi) is 3.63. The number of ether oxygens (including phenoxy) is 1. The van der Waals surface area contributed by atoms with E-state index in [0.717, 1.165) is 17.0 Å². The second-order valence-corrected chi connectivity index (χ2v) is 5.06. The van der Waals surface area contributed by atoms with Crippen molar-refractivity contribution in [1.29, 1.82) is 0 Å². The third kappa shape index (κ3) is 2.24. The minimum absolute atomic E-state index is 0.0527. The molecule has 0 spiro atoms. The lowest BCUT2D eigenvalue weighted by Gasteiger charge is -2.07. The van der Waals surface area contributed by atoms with Gasteiger partial charge in [-0.05, 0) is 43.2 Å². The van der Waals surface area contributed by atoms with Crippen LogP contribution in [0.5, 0.6) is 5.75 Å². The number of methoxy groups -OCH3 is 1. The van der Waals surface area contributed by atoms with Gasteiger partial charge in [-0.1, -0.05) is 6.92 Å². The van der Waals surface area contributed by atoms with E-state index in [2.05, 4.69) is 9.97 Å². The minimum atomic E-state index is -0.0527. The number of benzene rings is 1. The summed E-state index contributed by atoms with van der Waals surface area (Å²) in [6, 6.07) is 7.24. The van der Waals surface area contributed by atoms with Crippen LogP contribution in [-0.4, -0.2) is 27.3 Å². The molecular weight excluding hydrogens is 278 g/mol. The smallest absolute Gasteiger partial charge is 0.234 e. The molecule has 0 bridgehead atoms. The molecule has 0 N–H and O–H groups in total. The number of rotatable bonds is 4. The van der Waals surface area contributed by atoms with Crippen molar-refractivity contribution in [2.24, 2.45) is 0 Å². The molecule has 0 saturated carbocycles. The van der Waals surface area contributed by atoms with E-state index in [4.69, 9.17) is 4.74 Å². The highest BCUT2D eigenvalue weighted by Gasteiger charge is 2.20. The van der Waals surface area contributed by atoms with Crippen LogP contribution in [0.1, 0.15) is 34.2 Å². The van der Waals surface area contributed by atoms with E-state index in [-0.39, 0.29) is 5.78 Å². The molecule has 0 saturated heterocycles. The molecule has 2 aromatic heterocycles. The average molecular weight is 295 g/mol. The second-order valence-electron chi connectivity index (χ2n) is 5.06. The first-order chi connectivity index (χ1) is 10.7. The van der Waals surface area contributed by atoms with E-state index >= 15 is 0 Å². The molecular formula is C17H17N3O2. The van der Waals surface area contributed by atoms with Crippen molar-refractivity contribution >= 4 is 11.6 Å². The fraction of sp³-hybridized carbons (Fsp3) is 0.235. The number of carbonyl (C=O) groups excluding carboxylic acids is 1. The first-order valence-corrected chi connectivity index (χ1v) is 7.17. The predicted octanol–water partition coefficient (Wildman–Crippen LogP) is 2.84. The lowest BCUT2D eigenvalue weighted by Crippen LogP contribution is -2.08. The van der Waals surface area contributed by atoms with Crippen LogP contribution in [-0.2, 0) is 6.42 Å². The highest BCUT2D eigenvalue weighted by molar-refractivity contribution is 6.09. The minimum Gasteiger partial charge on any atom is -0.496 e. The predicted molar refractivity (Wildman–Crippen MR) is 83.5 cm³/mol. The molecule has 22 heavy (non-hydrogen) atoms. The van der Waals surface area contributed by atoms with Crippen molar-refractivity contribution in [3.8, 4) is 5.75 Å². The fourth-order valence-corrected chi connectivity index (χ4v) is 2.58. The zero-order chi connectivity index (χ0) is 15.7. The second kappa shape index (κ2) is 5.60. The Labute approximate surface area is 128 Å². The van der Waals surface area contributed by atoms with E-state index in [1.54, 1.807) is 29.8 Å². The summed E-state index contributed by atoms with van der Waals surface area (Å²) in [5.41, 5.74) is 2.89. The van der Waals surface area contributed by atoms with Gasteiger partial charge in [-0.3, -0.25) is 9.20 Å². The Hall–Kier alpha value is -2.69. The van der Waals surface area contributed by atoms with Crippen molar-refractivity contribution in [3.63, 3.8) is 0 Å². The van der Waals surface area contributed by atoms with E-state index in [1.165, 1.54) is 0 Å². The Balaban J connectivity index is 2.14. The van der Waals surface area contributed by atoms with Gasteiger partial charge >= 0.3 is 0 Å². The van der Waals surface area contributed by atoms with Crippen molar-refractivity contribution in [2.75, 3.05) is 7.11 Å². The van der Waals surface area contributed by atoms with Crippen LogP contribution >= 0.6 is 0 Å². The van der Waals surface area contributed by atoms with Gasteiger partial charge in [0.1, 0.15) is 11.4 Å². The van der Waals surface area contributed by atoms with Gasteiger partial charge in [0, 0.05) is 18.0 Å². The van der Waals surface area contributed by atoms with Gasteiger partial charge in [0.05, 0.1) is 12.8 Å². The lowest BCUT2D eigenvalue weighted by atomic mass is 10.0. The quantitative estimate of drug-likeness (QED) is 0.694. The summed E-state index contributed by atoms with van der Waals surface area (Å²) in [5, 5.41) is 0. The van der Waals surface area contributed by atoms with Crippen LogP contribution < -0.4 is 4.74 Å². The molecule has 112 valence electrons. The standard InChI is InChI=1S/C17H17N3O2/c1-4-13-15(20-9-5-8-18-17(20)19-13)16(21)12-6-7-14(22-3)11(2)10-12/h5-10H,4H2,1-3H3. The molecule has 3 aromatic rings. The van der Waals surface area contributed by atoms with Gasteiger partial charge in [-0.25, -0.2) is 9.97 Å². The van der Waals surface area contributed by atoms with Crippen LogP contribution in [0.15, 0.2) is 36.7 Å². The zero-order valence-corrected chi connectivity index (χ0v) is 12.8. The topological polar surface area (TPSA) is 56.5 Å². The third-order valence-electron chi connectivity index (χ3n) is 3.68. The van der Waals surface area contributed by atoms with E-state index in [1.807, 2.05) is 32.2 Å². The third-order valence-corrected chi connectivity index (χ3v) is 3.68. The summed E-state index contributed by atoms with van der Waals surface area (Å²) in [6.45, 7) is 3.91. The first-order valence-electron chi connectivity index (χ1n) is 7.17. The molecule has 0 unspecified atom stereocenters. The molecule has 0 aliphatic rings. The van der Waals surface area contributed by atoms with Crippen LogP contribution in [0, 0.1) is 6.92 Å². The van der Waals surface area contributed by atoms with Gasteiger partial charge in [-0.2, -0.15) is 0 Å². The fourth-order valence-electron chi connectivity index (χ4n) is 2.58. The van der Waals surface area contributed by atoms with Crippen LogP contribution in [0.4, 0.5) is 0 Å². The maximum Gasteiger partial charge on any atom is 0.234 e. The number of ketones is 1. The Morgan fingerprint density at radius 2 is 2.18 bits per heavy atom. The van der Waals surface area contributed by atoms with E-state index in [0.29, 0.717) is 23.5 Å². The molecule has 0 aliphatic carbocycles. The number of imidazole rings is 1. The molecule has 0 atom stereocenters. The Bertz CT molecular complexity index is 852. The first kappa shape index (κ1) is 14.3. The number of hydrogen-bond donors (Lipinski definition) is 0. The van der Waals surface area contributed by atoms with Crippen molar-refractivity contribution in [2.45, 2.75) is 20.3 Å². The van der Waals surface area contributed by atoms with Crippen LogP contribution in [0.2, 0.25) is 0 Å². The molecule has 0 aliphatic heterocycles. The van der Waals surface area contributed by atoms with E-state index in [9.17, 15) is 4.79 Å². The summed E-state index contributed by atoms with van der Waals surface area (Å²) >= 11 is 0. The molecule has 2 heterocycles. The number of carbonyl (C=O) groups is 1. The van der Waals surface area contributed by atoms with Crippen LogP contribution in [0.3, 0.4) is 0 Å². The Morgan fingerprint density at radius 3 is 2.86 bits per heavy atom. The molecule has 0 amide bonds. The number of aromatic nitrogens is 3. The summed E-state index contributed by atoms with van der Waals surface area (Å²) in [5.74, 6) is 1.27. The molecule has 0 fully saturated rings. The lowest BCUT2D eigenvalue weighted by molar-refractivity contribution is 0.103. The van der Waals surface area contributed by atoms with Gasteiger partial charge in [-0.15, -0.1) is 0 Å². The van der Waals surface area contributed by atoms with Crippen molar-refractivity contribution < 1.29 is 9.53 Å². The van der Waals surface area contributed by atoms with Gasteiger partial charge in [0.25, 0.3) is 0 Å². The number of nitrogens with zero attached hydrogens (tertiary/aromatic N) is 3. The SMILES string of the molecule is CCc1nc2ncccn2c1C(=O)c1ccc(OC)c(C)c1. The number of aryl methyl sites for hydroxylation is 2. The van der Waals surface area contributed by atoms with Crippen molar-refractivity contribution in [3.05, 3.63) is 59.2 Å².